The summed E-state index contributed by atoms with van der Waals surface area (Å²) in [4.78, 5) is 12.9. The summed E-state index contributed by atoms with van der Waals surface area (Å²) in [5.41, 5.74) is 7.64. The topological polar surface area (TPSA) is 72.4 Å². The van der Waals surface area contributed by atoms with Crippen molar-refractivity contribution in [3.05, 3.63) is 33.9 Å². The van der Waals surface area contributed by atoms with Crippen molar-refractivity contribution in [1.82, 2.24) is 4.90 Å². The van der Waals surface area contributed by atoms with Gasteiger partial charge in [0.1, 0.15) is 0 Å². The van der Waals surface area contributed by atoms with E-state index in [1.807, 2.05) is 0 Å². The first-order valence-electron chi connectivity index (χ1n) is 6.90. The van der Waals surface area contributed by atoms with E-state index in [9.17, 15) is 10.1 Å². The minimum atomic E-state index is -0.356. The Balaban J connectivity index is 1.75. The van der Waals surface area contributed by atoms with E-state index in [-0.39, 0.29) is 10.6 Å². The van der Waals surface area contributed by atoms with Gasteiger partial charge in [-0.25, -0.2) is 0 Å². The summed E-state index contributed by atoms with van der Waals surface area (Å²) in [6.45, 7) is 1.86. The lowest BCUT2D eigenvalue weighted by Gasteiger charge is -2.22. The predicted molar refractivity (Wildman–Crippen MR) is 73.7 cm³/mol. The van der Waals surface area contributed by atoms with Crippen LogP contribution in [0.5, 0.6) is 0 Å². The lowest BCUT2D eigenvalue weighted by atomic mass is 10.1. The smallest absolute Gasteiger partial charge is 0.269 e. The van der Waals surface area contributed by atoms with Crippen molar-refractivity contribution in [1.29, 1.82) is 0 Å². The first kappa shape index (κ1) is 12.4. The maximum atomic E-state index is 10.8. The van der Waals surface area contributed by atoms with Gasteiger partial charge in [0.15, 0.2) is 0 Å². The van der Waals surface area contributed by atoms with Gasteiger partial charge in [-0.15, -0.1) is 0 Å². The van der Waals surface area contributed by atoms with Gasteiger partial charge in [-0.05, 0) is 43.2 Å². The molecular formula is C14H19N3O2. The van der Waals surface area contributed by atoms with Crippen molar-refractivity contribution < 1.29 is 4.92 Å². The van der Waals surface area contributed by atoms with Crippen LogP contribution in [0.3, 0.4) is 0 Å². The second kappa shape index (κ2) is 4.81. The van der Waals surface area contributed by atoms with Crippen LogP contribution in [0, 0.1) is 16.0 Å². The highest BCUT2D eigenvalue weighted by Crippen LogP contribution is 2.36. The fraction of sp³-hybridized carbons (Fsp3) is 0.571. The molecule has 0 spiro atoms. The van der Waals surface area contributed by atoms with Gasteiger partial charge in [-0.1, -0.05) is 0 Å². The number of nitrogen functional groups attached to an aromatic ring is 1. The molecular weight excluding hydrogens is 242 g/mol. The summed E-state index contributed by atoms with van der Waals surface area (Å²) >= 11 is 0. The Kier molecular flexibility index (Phi) is 3.14. The summed E-state index contributed by atoms with van der Waals surface area (Å²) in [5.74, 6) is 0.834. The van der Waals surface area contributed by atoms with Gasteiger partial charge in [0, 0.05) is 37.0 Å². The zero-order valence-electron chi connectivity index (χ0n) is 10.9. The second-order valence-corrected chi connectivity index (χ2v) is 5.74. The van der Waals surface area contributed by atoms with Crippen LogP contribution in [0.2, 0.25) is 0 Å². The number of nitrogens with zero attached hydrogens (tertiary/aromatic N) is 2. The molecule has 2 N–H and O–H groups in total. The zero-order chi connectivity index (χ0) is 13.4. The number of non-ortho nitro benzene ring substituents is 1. The Bertz CT molecular complexity index is 495. The normalized spacial score (nSPS) is 18.8. The van der Waals surface area contributed by atoms with Crippen molar-refractivity contribution in [2.24, 2.45) is 5.92 Å². The molecule has 2 saturated carbocycles. The fourth-order valence-corrected chi connectivity index (χ4v) is 2.48. The monoisotopic (exact) mass is 261 g/mol. The number of hydrogen-bond acceptors (Lipinski definition) is 4. The van der Waals surface area contributed by atoms with Gasteiger partial charge < -0.3 is 5.73 Å². The average molecular weight is 261 g/mol. The Morgan fingerprint density at radius 3 is 2.63 bits per heavy atom. The maximum Gasteiger partial charge on any atom is 0.269 e. The third-order valence-corrected chi connectivity index (χ3v) is 3.96. The SMILES string of the molecule is Nc1ccc([N+](=O)[O-])cc1CN(CC1CC1)C1CC1. The number of nitro benzene ring substituents is 1. The molecule has 0 amide bonds. The number of nitrogens with two attached hydrogens (primary N) is 1. The van der Waals surface area contributed by atoms with Crippen LogP contribution >= 0.6 is 0 Å². The van der Waals surface area contributed by atoms with E-state index in [0.717, 1.165) is 24.6 Å². The number of hydrogen-bond donors (Lipinski definition) is 1. The highest BCUT2D eigenvalue weighted by molar-refractivity contribution is 5.52. The predicted octanol–water partition coefficient (Wildman–Crippen LogP) is 2.55. The first-order valence-corrected chi connectivity index (χ1v) is 6.90. The Hall–Kier alpha value is -1.62. The minimum Gasteiger partial charge on any atom is -0.398 e. The molecule has 5 nitrogen and oxygen atoms in total. The Labute approximate surface area is 112 Å². The molecule has 19 heavy (non-hydrogen) atoms. The molecule has 1 aromatic rings. The fourth-order valence-electron chi connectivity index (χ4n) is 2.48. The van der Waals surface area contributed by atoms with E-state index in [2.05, 4.69) is 4.90 Å². The van der Waals surface area contributed by atoms with E-state index in [4.69, 9.17) is 5.73 Å². The molecule has 0 atom stereocenters. The molecule has 2 fully saturated rings. The van der Waals surface area contributed by atoms with Crippen LogP contribution in [0.25, 0.3) is 0 Å². The van der Waals surface area contributed by atoms with Crippen LogP contribution in [0.4, 0.5) is 11.4 Å². The van der Waals surface area contributed by atoms with Crippen molar-refractivity contribution >= 4 is 11.4 Å². The van der Waals surface area contributed by atoms with E-state index in [1.54, 1.807) is 12.1 Å². The summed E-state index contributed by atoms with van der Waals surface area (Å²) in [5, 5.41) is 10.8. The average Bonchev–Trinajstić information content (AvgIpc) is 3.24. The summed E-state index contributed by atoms with van der Waals surface area (Å²) in [7, 11) is 0. The van der Waals surface area contributed by atoms with Crippen LogP contribution in [-0.4, -0.2) is 22.4 Å². The molecule has 102 valence electrons. The molecule has 0 aliphatic heterocycles. The second-order valence-electron chi connectivity index (χ2n) is 5.74. The van der Waals surface area contributed by atoms with E-state index in [1.165, 1.54) is 31.7 Å². The molecule has 5 heteroatoms. The maximum absolute atomic E-state index is 10.8. The number of benzene rings is 1. The van der Waals surface area contributed by atoms with E-state index < -0.39 is 0 Å². The van der Waals surface area contributed by atoms with E-state index in [0.29, 0.717) is 11.7 Å². The summed E-state index contributed by atoms with van der Waals surface area (Å²) < 4.78 is 0. The molecule has 0 bridgehead atoms. The molecule has 3 rings (SSSR count). The van der Waals surface area contributed by atoms with Gasteiger partial charge in [0.2, 0.25) is 0 Å². The lowest BCUT2D eigenvalue weighted by Crippen LogP contribution is -2.28. The third-order valence-electron chi connectivity index (χ3n) is 3.96. The molecule has 0 heterocycles. The third kappa shape index (κ3) is 3.04. The Morgan fingerprint density at radius 1 is 1.32 bits per heavy atom. The van der Waals surface area contributed by atoms with Crippen molar-refractivity contribution in [3.8, 4) is 0 Å². The number of nitro groups is 1. The zero-order valence-corrected chi connectivity index (χ0v) is 10.9. The first-order chi connectivity index (χ1) is 9.13. The molecule has 0 aromatic heterocycles. The molecule has 0 unspecified atom stereocenters. The number of anilines is 1. The van der Waals surface area contributed by atoms with Gasteiger partial charge in [0.05, 0.1) is 4.92 Å². The molecule has 1 aromatic carbocycles. The van der Waals surface area contributed by atoms with Crippen LogP contribution in [0.1, 0.15) is 31.2 Å². The summed E-state index contributed by atoms with van der Waals surface area (Å²) in [6.07, 6.45) is 5.16. The van der Waals surface area contributed by atoms with Crippen molar-refractivity contribution in [2.75, 3.05) is 12.3 Å². The quantitative estimate of drug-likeness (QED) is 0.485. The van der Waals surface area contributed by atoms with Gasteiger partial charge >= 0.3 is 0 Å². The van der Waals surface area contributed by atoms with Gasteiger partial charge in [0.25, 0.3) is 5.69 Å². The lowest BCUT2D eigenvalue weighted by molar-refractivity contribution is -0.384. The molecule has 2 aliphatic carbocycles. The molecule has 0 radical (unpaired) electrons. The molecule has 2 aliphatic rings. The van der Waals surface area contributed by atoms with Crippen LogP contribution in [-0.2, 0) is 6.54 Å². The standard InChI is InChI=1S/C14H19N3O2/c15-14-6-5-13(17(18)19)7-11(14)9-16(12-3-4-12)8-10-1-2-10/h5-7,10,12H,1-4,8-9,15H2. The van der Waals surface area contributed by atoms with Gasteiger partial charge in [-0.2, -0.15) is 0 Å². The van der Waals surface area contributed by atoms with Gasteiger partial charge in [-0.3, -0.25) is 15.0 Å². The van der Waals surface area contributed by atoms with Crippen LogP contribution < -0.4 is 5.73 Å². The number of rotatable bonds is 6. The summed E-state index contributed by atoms with van der Waals surface area (Å²) in [6, 6.07) is 5.41. The van der Waals surface area contributed by atoms with E-state index >= 15 is 0 Å². The Morgan fingerprint density at radius 2 is 2.05 bits per heavy atom. The highest BCUT2D eigenvalue weighted by atomic mass is 16.6. The molecule has 0 saturated heterocycles. The minimum absolute atomic E-state index is 0.131. The largest absolute Gasteiger partial charge is 0.398 e. The van der Waals surface area contributed by atoms with Crippen molar-refractivity contribution in [2.45, 2.75) is 38.3 Å². The van der Waals surface area contributed by atoms with Crippen LogP contribution in [0.15, 0.2) is 18.2 Å². The van der Waals surface area contributed by atoms with Crippen molar-refractivity contribution in [3.63, 3.8) is 0 Å². The highest BCUT2D eigenvalue weighted by Gasteiger charge is 2.33.